The first-order valence-corrected chi connectivity index (χ1v) is 13.5. The van der Waals surface area contributed by atoms with Crippen LogP contribution in [0.4, 0.5) is 0 Å². The van der Waals surface area contributed by atoms with Crippen LogP contribution in [0.3, 0.4) is 0 Å². The zero-order valence-electron chi connectivity index (χ0n) is 19.8. The number of carbonyl (C=O) groups excluding carboxylic acids is 1. The molecule has 190 valence electrons. The fourth-order valence-electron chi connectivity index (χ4n) is 6.02. The molecule has 0 radical (unpaired) electrons. The maximum atomic E-state index is 13.6. The maximum absolute atomic E-state index is 13.6. The number of amides is 1. The van der Waals surface area contributed by atoms with Crippen LogP contribution < -0.4 is 32.7 Å². The van der Waals surface area contributed by atoms with Gasteiger partial charge in [-0.15, -0.1) is 11.6 Å². The SMILES string of the molecule is NC(N)C(C(=O)NC1CNCCC1OC1CCNCC1)C1NCC(Cl)CN1C1CCCCC1. The Bertz CT molecular complexity index is 616. The molecular weight excluding hydrogens is 442 g/mol. The van der Waals surface area contributed by atoms with E-state index >= 15 is 0 Å². The highest BCUT2D eigenvalue weighted by atomic mass is 35.5. The van der Waals surface area contributed by atoms with Gasteiger partial charge in [0.1, 0.15) is 0 Å². The third-order valence-corrected chi connectivity index (χ3v) is 8.11. The van der Waals surface area contributed by atoms with Gasteiger partial charge in [-0.3, -0.25) is 15.0 Å². The second-order valence-corrected chi connectivity index (χ2v) is 10.9. The second-order valence-electron chi connectivity index (χ2n) is 10.3. The lowest BCUT2D eigenvalue weighted by atomic mass is 9.90. The summed E-state index contributed by atoms with van der Waals surface area (Å²) in [5.41, 5.74) is 12.5. The summed E-state index contributed by atoms with van der Waals surface area (Å²) in [6.07, 6.45) is 8.20. The van der Waals surface area contributed by atoms with Crippen LogP contribution >= 0.6 is 11.6 Å². The van der Waals surface area contributed by atoms with Crippen molar-refractivity contribution in [3.63, 3.8) is 0 Å². The molecule has 5 unspecified atom stereocenters. The minimum atomic E-state index is -0.763. The molecule has 10 heteroatoms. The second kappa shape index (κ2) is 12.4. The van der Waals surface area contributed by atoms with Gasteiger partial charge < -0.3 is 32.2 Å². The van der Waals surface area contributed by atoms with Gasteiger partial charge in [0.15, 0.2) is 0 Å². The zero-order chi connectivity index (χ0) is 23.2. The highest BCUT2D eigenvalue weighted by Gasteiger charge is 2.43. The summed E-state index contributed by atoms with van der Waals surface area (Å²) in [5.74, 6) is -0.651. The fourth-order valence-corrected chi connectivity index (χ4v) is 6.27. The molecule has 4 fully saturated rings. The minimum absolute atomic E-state index is 0.00827. The molecule has 4 rings (SSSR count). The number of hydrogen-bond donors (Lipinski definition) is 6. The number of carbonyl (C=O) groups is 1. The summed E-state index contributed by atoms with van der Waals surface area (Å²) in [4.78, 5) is 16.0. The van der Waals surface area contributed by atoms with E-state index in [0.29, 0.717) is 19.1 Å². The van der Waals surface area contributed by atoms with Gasteiger partial charge in [-0.25, -0.2) is 0 Å². The zero-order valence-corrected chi connectivity index (χ0v) is 20.6. The van der Waals surface area contributed by atoms with E-state index in [1.165, 1.54) is 19.3 Å². The Labute approximate surface area is 203 Å². The predicted octanol–water partition coefficient (Wildman–Crippen LogP) is -0.367. The molecule has 1 saturated carbocycles. The molecule has 33 heavy (non-hydrogen) atoms. The number of alkyl halides is 1. The van der Waals surface area contributed by atoms with Gasteiger partial charge in [0.25, 0.3) is 0 Å². The Morgan fingerprint density at radius 1 is 1.00 bits per heavy atom. The standard InChI is InChI=1S/C23H44ClN7O2/c24-15-12-29-22(31(14-15)16-4-2-1-3-5-16)20(21(25)26)23(32)30-18-13-28-11-8-19(18)33-17-6-9-27-10-7-17/h15-22,27-29H,1-14,25-26H2,(H,30,32). The number of hydrogen-bond acceptors (Lipinski definition) is 8. The third-order valence-electron chi connectivity index (χ3n) is 7.82. The summed E-state index contributed by atoms with van der Waals surface area (Å²) in [7, 11) is 0. The third kappa shape index (κ3) is 6.79. The highest BCUT2D eigenvalue weighted by molar-refractivity contribution is 6.21. The summed E-state index contributed by atoms with van der Waals surface area (Å²) in [6, 6.07) is 0.328. The van der Waals surface area contributed by atoms with E-state index in [0.717, 1.165) is 58.3 Å². The van der Waals surface area contributed by atoms with E-state index < -0.39 is 12.1 Å². The first-order valence-electron chi connectivity index (χ1n) is 13.0. The van der Waals surface area contributed by atoms with Gasteiger partial charge >= 0.3 is 0 Å². The van der Waals surface area contributed by atoms with Crippen molar-refractivity contribution in [2.75, 3.05) is 39.3 Å². The van der Waals surface area contributed by atoms with Gasteiger partial charge in [0.05, 0.1) is 41.9 Å². The Kier molecular flexibility index (Phi) is 9.64. The van der Waals surface area contributed by atoms with Crippen LogP contribution in [-0.4, -0.2) is 92.1 Å². The Morgan fingerprint density at radius 2 is 1.73 bits per heavy atom. The van der Waals surface area contributed by atoms with Gasteiger partial charge in [0, 0.05) is 25.7 Å². The average molecular weight is 486 g/mol. The number of nitrogens with one attached hydrogen (secondary N) is 4. The van der Waals surface area contributed by atoms with E-state index in [1.54, 1.807) is 0 Å². The smallest absolute Gasteiger partial charge is 0.229 e. The average Bonchev–Trinajstić information content (AvgIpc) is 2.82. The van der Waals surface area contributed by atoms with Crippen molar-refractivity contribution in [3.8, 4) is 0 Å². The predicted molar refractivity (Wildman–Crippen MR) is 131 cm³/mol. The molecule has 4 aliphatic rings. The van der Waals surface area contributed by atoms with E-state index in [-0.39, 0.29) is 35.7 Å². The van der Waals surface area contributed by atoms with Crippen LogP contribution in [-0.2, 0) is 9.53 Å². The normalized spacial score (nSPS) is 34.3. The van der Waals surface area contributed by atoms with Crippen molar-refractivity contribution in [1.82, 2.24) is 26.2 Å². The number of rotatable bonds is 7. The van der Waals surface area contributed by atoms with E-state index in [9.17, 15) is 4.79 Å². The molecule has 0 aromatic heterocycles. The van der Waals surface area contributed by atoms with Crippen molar-refractivity contribution in [2.24, 2.45) is 17.4 Å². The summed E-state index contributed by atoms with van der Waals surface area (Å²) in [5, 5.41) is 13.6. The van der Waals surface area contributed by atoms with Crippen molar-refractivity contribution in [1.29, 1.82) is 0 Å². The lowest BCUT2D eigenvalue weighted by Crippen LogP contribution is -2.69. The quantitative estimate of drug-likeness (QED) is 0.213. The van der Waals surface area contributed by atoms with Crippen molar-refractivity contribution in [3.05, 3.63) is 0 Å². The van der Waals surface area contributed by atoms with Crippen LogP contribution in [0.5, 0.6) is 0 Å². The molecular formula is C23H44ClN7O2. The van der Waals surface area contributed by atoms with E-state index in [4.69, 9.17) is 27.8 Å². The largest absolute Gasteiger partial charge is 0.373 e. The lowest BCUT2D eigenvalue weighted by Gasteiger charge is -2.48. The topological polar surface area (TPSA) is 130 Å². The van der Waals surface area contributed by atoms with Crippen LogP contribution in [0.15, 0.2) is 0 Å². The molecule has 3 heterocycles. The Balaban J connectivity index is 1.43. The molecule has 3 aliphatic heterocycles. The number of ether oxygens (including phenoxy) is 1. The molecule has 3 saturated heterocycles. The maximum Gasteiger partial charge on any atom is 0.229 e. The fraction of sp³-hybridized carbons (Fsp3) is 0.957. The molecule has 5 atom stereocenters. The molecule has 1 amide bonds. The highest BCUT2D eigenvalue weighted by Crippen LogP contribution is 2.29. The summed E-state index contributed by atoms with van der Waals surface area (Å²) >= 11 is 6.53. The van der Waals surface area contributed by atoms with Gasteiger partial charge in [0.2, 0.25) is 5.91 Å². The van der Waals surface area contributed by atoms with Crippen molar-refractivity contribution in [2.45, 2.75) is 93.4 Å². The minimum Gasteiger partial charge on any atom is -0.373 e. The van der Waals surface area contributed by atoms with Crippen LogP contribution in [0.2, 0.25) is 0 Å². The van der Waals surface area contributed by atoms with Gasteiger partial charge in [-0.2, -0.15) is 0 Å². The summed E-state index contributed by atoms with van der Waals surface area (Å²) < 4.78 is 6.46. The number of nitrogens with two attached hydrogens (primary N) is 2. The first kappa shape index (κ1) is 25.6. The van der Waals surface area contributed by atoms with Crippen molar-refractivity contribution >= 4 is 17.5 Å². The molecule has 0 bridgehead atoms. The Hall–Kier alpha value is -0.520. The molecule has 8 N–H and O–H groups in total. The monoisotopic (exact) mass is 485 g/mol. The van der Waals surface area contributed by atoms with Gasteiger partial charge in [-0.05, 0) is 51.7 Å². The van der Waals surface area contributed by atoms with Crippen LogP contribution in [0.1, 0.15) is 51.4 Å². The van der Waals surface area contributed by atoms with Gasteiger partial charge in [-0.1, -0.05) is 19.3 Å². The molecule has 0 spiro atoms. The number of nitrogens with zero attached hydrogens (tertiary/aromatic N) is 1. The molecule has 0 aromatic carbocycles. The molecule has 1 aliphatic carbocycles. The van der Waals surface area contributed by atoms with Crippen LogP contribution in [0.25, 0.3) is 0 Å². The lowest BCUT2D eigenvalue weighted by molar-refractivity contribution is -0.133. The Morgan fingerprint density at radius 3 is 2.45 bits per heavy atom. The van der Waals surface area contributed by atoms with Crippen molar-refractivity contribution < 1.29 is 9.53 Å². The first-order chi connectivity index (χ1) is 16.0. The van der Waals surface area contributed by atoms with E-state index in [2.05, 4.69) is 26.2 Å². The molecule has 9 nitrogen and oxygen atoms in total. The number of halogens is 1. The molecule has 0 aromatic rings. The summed E-state index contributed by atoms with van der Waals surface area (Å²) in [6.45, 7) is 4.98. The van der Waals surface area contributed by atoms with Crippen LogP contribution in [0, 0.1) is 5.92 Å². The van der Waals surface area contributed by atoms with E-state index in [1.807, 2.05) is 0 Å². The number of piperidine rings is 2.